The molecule has 0 aromatic heterocycles. The summed E-state index contributed by atoms with van der Waals surface area (Å²) in [6.07, 6.45) is 0. The van der Waals surface area contributed by atoms with E-state index in [9.17, 15) is 0 Å². The Balaban J connectivity index is 1.07. The van der Waals surface area contributed by atoms with E-state index in [1.807, 2.05) is 0 Å². The van der Waals surface area contributed by atoms with Crippen molar-refractivity contribution in [1.82, 2.24) is 0 Å². The number of hydrogen-bond donors (Lipinski definition) is 0. The SMILES string of the molecule is Cc1ccc2c(N(c3ccc(-c4ccc(N(c5cccc6cc(C)ccc56)c5cccc6cc(C)ccc56)cc4)cc3)c3cccc4cc(C)ccc34)cccc2c1. The maximum atomic E-state index is 2.43. The van der Waals surface area contributed by atoms with Crippen LogP contribution in [0.4, 0.5) is 34.1 Å². The van der Waals surface area contributed by atoms with Crippen LogP contribution in [0.15, 0.2) is 194 Å². The Morgan fingerprint density at radius 3 is 0.776 bits per heavy atom. The molecule has 0 bridgehead atoms. The van der Waals surface area contributed by atoms with Crippen LogP contribution in [0.1, 0.15) is 22.3 Å². The number of fused-ring (bicyclic) bond motifs is 4. The zero-order chi connectivity index (χ0) is 39.3. The Morgan fingerprint density at radius 1 is 0.259 bits per heavy atom. The Hall–Kier alpha value is -7.16. The van der Waals surface area contributed by atoms with Crippen LogP contribution in [0.25, 0.3) is 54.2 Å². The fourth-order valence-corrected chi connectivity index (χ4v) is 8.75. The molecular formula is C56H44N2. The van der Waals surface area contributed by atoms with Gasteiger partial charge >= 0.3 is 0 Å². The molecule has 0 heterocycles. The van der Waals surface area contributed by atoms with Gasteiger partial charge in [0.2, 0.25) is 0 Å². The number of benzene rings is 10. The first-order chi connectivity index (χ1) is 28.4. The van der Waals surface area contributed by atoms with Gasteiger partial charge in [-0.05, 0) is 109 Å². The smallest absolute Gasteiger partial charge is 0.0540 e. The van der Waals surface area contributed by atoms with E-state index in [4.69, 9.17) is 0 Å². The zero-order valence-corrected chi connectivity index (χ0v) is 33.4. The molecule has 0 saturated carbocycles. The predicted molar refractivity (Wildman–Crippen MR) is 250 cm³/mol. The van der Waals surface area contributed by atoms with E-state index in [1.165, 1.54) is 76.5 Å². The Bertz CT molecular complexity index is 2770. The molecule has 0 saturated heterocycles. The average molecular weight is 745 g/mol. The van der Waals surface area contributed by atoms with E-state index in [0.29, 0.717) is 0 Å². The van der Waals surface area contributed by atoms with Gasteiger partial charge in [0.15, 0.2) is 0 Å². The molecule has 0 fully saturated rings. The Morgan fingerprint density at radius 2 is 0.517 bits per heavy atom. The lowest BCUT2D eigenvalue weighted by Gasteiger charge is -2.29. The van der Waals surface area contributed by atoms with Gasteiger partial charge in [-0.3, -0.25) is 0 Å². The first kappa shape index (κ1) is 35.3. The molecule has 0 aliphatic carbocycles. The third-order valence-electron chi connectivity index (χ3n) is 11.6. The molecule has 0 unspecified atom stereocenters. The van der Waals surface area contributed by atoms with Gasteiger partial charge in [0.05, 0.1) is 22.7 Å². The van der Waals surface area contributed by atoms with Crippen LogP contribution < -0.4 is 9.80 Å². The van der Waals surface area contributed by atoms with Crippen LogP contribution in [0.2, 0.25) is 0 Å². The molecule has 10 rings (SSSR count). The van der Waals surface area contributed by atoms with E-state index < -0.39 is 0 Å². The second-order valence-corrected chi connectivity index (χ2v) is 15.8. The lowest BCUT2D eigenvalue weighted by atomic mass is 10.00. The van der Waals surface area contributed by atoms with Gasteiger partial charge in [-0.15, -0.1) is 0 Å². The van der Waals surface area contributed by atoms with Crippen molar-refractivity contribution in [3.63, 3.8) is 0 Å². The molecule has 278 valence electrons. The van der Waals surface area contributed by atoms with Crippen LogP contribution in [0.5, 0.6) is 0 Å². The fraction of sp³-hybridized carbons (Fsp3) is 0.0714. The van der Waals surface area contributed by atoms with Crippen LogP contribution in [0, 0.1) is 27.7 Å². The second-order valence-electron chi connectivity index (χ2n) is 15.8. The minimum atomic E-state index is 1.12. The van der Waals surface area contributed by atoms with Crippen molar-refractivity contribution in [2.45, 2.75) is 27.7 Å². The Labute approximate surface area is 340 Å². The highest BCUT2D eigenvalue weighted by Gasteiger charge is 2.20. The number of rotatable bonds is 7. The average Bonchev–Trinajstić information content (AvgIpc) is 3.24. The predicted octanol–water partition coefficient (Wildman–Crippen LogP) is 16.1. The maximum absolute atomic E-state index is 2.43. The van der Waals surface area contributed by atoms with Crippen LogP contribution in [-0.4, -0.2) is 0 Å². The lowest BCUT2D eigenvalue weighted by Crippen LogP contribution is -2.11. The summed E-state index contributed by atoms with van der Waals surface area (Å²) in [7, 11) is 0. The highest BCUT2D eigenvalue weighted by atomic mass is 15.2. The summed E-state index contributed by atoms with van der Waals surface area (Å²) < 4.78 is 0. The van der Waals surface area contributed by atoms with E-state index in [2.05, 4.69) is 232 Å². The molecule has 0 N–H and O–H groups in total. The quantitative estimate of drug-likeness (QED) is 0.160. The highest BCUT2D eigenvalue weighted by molar-refractivity contribution is 6.06. The number of anilines is 6. The molecule has 0 atom stereocenters. The topological polar surface area (TPSA) is 6.48 Å². The normalized spacial score (nSPS) is 11.4. The summed E-state index contributed by atoms with van der Waals surface area (Å²) >= 11 is 0. The molecular weight excluding hydrogens is 701 g/mol. The van der Waals surface area contributed by atoms with Gasteiger partial charge in [0.1, 0.15) is 0 Å². The highest BCUT2D eigenvalue weighted by Crippen LogP contribution is 2.45. The monoisotopic (exact) mass is 744 g/mol. The number of aryl methyl sites for hydroxylation is 4. The largest absolute Gasteiger partial charge is 0.309 e. The van der Waals surface area contributed by atoms with Crippen molar-refractivity contribution in [2.24, 2.45) is 0 Å². The van der Waals surface area contributed by atoms with Gasteiger partial charge in [0.25, 0.3) is 0 Å². The van der Waals surface area contributed by atoms with E-state index in [1.54, 1.807) is 0 Å². The molecule has 10 aromatic rings. The zero-order valence-electron chi connectivity index (χ0n) is 33.4. The third-order valence-corrected chi connectivity index (χ3v) is 11.6. The van der Waals surface area contributed by atoms with Gasteiger partial charge in [-0.25, -0.2) is 0 Å². The summed E-state index contributed by atoms with van der Waals surface area (Å²) in [5, 5.41) is 9.85. The van der Waals surface area contributed by atoms with Crippen molar-refractivity contribution >= 4 is 77.2 Å². The molecule has 0 aliphatic rings. The summed E-state index contributed by atoms with van der Waals surface area (Å²) in [4.78, 5) is 4.86. The third kappa shape index (κ3) is 6.33. The fourth-order valence-electron chi connectivity index (χ4n) is 8.75. The molecule has 10 aromatic carbocycles. The molecule has 0 aliphatic heterocycles. The maximum Gasteiger partial charge on any atom is 0.0540 e. The van der Waals surface area contributed by atoms with E-state index in [0.717, 1.165) is 34.1 Å². The van der Waals surface area contributed by atoms with Crippen molar-refractivity contribution in [3.05, 3.63) is 216 Å². The number of hydrogen-bond acceptors (Lipinski definition) is 2. The van der Waals surface area contributed by atoms with Crippen molar-refractivity contribution < 1.29 is 0 Å². The van der Waals surface area contributed by atoms with Crippen LogP contribution >= 0.6 is 0 Å². The first-order valence-corrected chi connectivity index (χ1v) is 20.2. The first-order valence-electron chi connectivity index (χ1n) is 20.2. The second kappa shape index (κ2) is 14.4. The molecule has 58 heavy (non-hydrogen) atoms. The van der Waals surface area contributed by atoms with Crippen LogP contribution in [0.3, 0.4) is 0 Å². The molecule has 0 radical (unpaired) electrons. The van der Waals surface area contributed by atoms with Crippen LogP contribution in [-0.2, 0) is 0 Å². The molecule has 2 nitrogen and oxygen atoms in total. The van der Waals surface area contributed by atoms with Gasteiger partial charge in [-0.2, -0.15) is 0 Å². The minimum Gasteiger partial charge on any atom is -0.309 e. The van der Waals surface area contributed by atoms with Crippen molar-refractivity contribution in [3.8, 4) is 11.1 Å². The standard InChI is InChI=1S/C56H44N2/c1-37-17-29-49-43(33-37)9-5-13-53(49)57(54-14-6-10-44-34-38(2)18-30-50(44)54)47-25-21-41(22-26-47)42-23-27-48(28-24-42)58(55-15-7-11-45-35-39(3)19-31-51(45)55)56-16-8-12-46-36-40(4)20-32-52(46)56/h5-36H,1-4H3. The molecule has 2 heteroatoms. The molecule has 0 spiro atoms. The van der Waals surface area contributed by atoms with Crippen molar-refractivity contribution in [1.29, 1.82) is 0 Å². The lowest BCUT2D eigenvalue weighted by molar-refractivity contribution is 1.30. The Kier molecular flexibility index (Phi) is 8.76. The number of nitrogens with zero attached hydrogens (tertiary/aromatic N) is 2. The van der Waals surface area contributed by atoms with Gasteiger partial charge < -0.3 is 9.80 Å². The minimum absolute atomic E-state index is 1.12. The summed E-state index contributed by atoms with van der Waals surface area (Å²) in [6, 6.07) is 71.7. The van der Waals surface area contributed by atoms with Gasteiger partial charge in [0, 0.05) is 32.9 Å². The van der Waals surface area contributed by atoms with Crippen molar-refractivity contribution in [2.75, 3.05) is 9.80 Å². The summed E-state index contributed by atoms with van der Waals surface area (Å²) in [5.74, 6) is 0. The van der Waals surface area contributed by atoms with E-state index in [-0.39, 0.29) is 0 Å². The van der Waals surface area contributed by atoms with Gasteiger partial charge in [-0.1, -0.05) is 168 Å². The summed E-state index contributed by atoms with van der Waals surface area (Å²) in [6.45, 7) is 8.64. The van der Waals surface area contributed by atoms with E-state index >= 15 is 0 Å². The molecule has 0 amide bonds. The summed E-state index contributed by atoms with van der Waals surface area (Å²) in [5.41, 5.74) is 14.3.